The molecule has 1 aliphatic carbocycles. The van der Waals surface area contributed by atoms with Gasteiger partial charge in [-0.25, -0.2) is 0 Å². The fourth-order valence-corrected chi connectivity index (χ4v) is 3.19. The third-order valence-electron chi connectivity index (χ3n) is 4.70. The molecule has 1 heterocycles. The number of aliphatic imine (C=N–C) groups is 1. The van der Waals surface area contributed by atoms with Gasteiger partial charge >= 0.3 is 0 Å². The summed E-state index contributed by atoms with van der Waals surface area (Å²) in [6.07, 6.45) is 8.04. The molecule has 0 aromatic heterocycles. The fraction of sp³-hybridized carbons (Fsp3) is 0.632. The Hall–Kier alpha value is -0.820. The second kappa shape index (κ2) is 10.2. The summed E-state index contributed by atoms with van der Waals surface area (Å²) in [5, 5.41) is 6.85. The third kappa shape index (κ3) is 6.59. The highest BCUT2D eigenvalue weighted by molar-refractivity contribution is 14.0. The maximum absolute atomic E-state index is 4.30. The van der Waals surface area contributed by atoms with E-state index in [0.717, 1.165) is 19.0 Å². The van der Waals surface area contributed by atoms with Gasteiger partial charge < -0.3 is 10.6 Å². The van der Waals surface area contributed by atoms with Crippen molar-refractivity contribution >= 4 is 29.9 Å². The molecule has 2 fully saturated rings. The minimum atomic E-state index is 0. The van der Waals surface area contributed by atoms with Crippen LogP contribution in [0.2, 0.25) is 0 Å². The summed E-state index contributed by atoms with van der Waals surface area (Å²) in [7, 11) is 1.84. The van der Waals surface area contributed by atoms with Gasteiger partial charge in [-0.15, -0.1) is 24.0 Å². The average molecular weight is 442 g/mol. The van der Waals surface area contributed by atoms with Crippen LogP contribution in [-0.2, 0) is 13.1 Å². The highest BCUT2D eigenvalue weighted by Gasteiger charge is 2.22. The number of likely N-dealkylation sites (tertiary alicyclic amines) is 1. The van der Waals surface area contributed by atoms with Crippen molar-refractivity contribution in [1.29, 1.82) is 0 Å². The van der Waals surface area contributed by atoms with Crippen LogP contribution >= 0.6 is 24.0 Å². The van der Waals surface area contributed by atoms with Crippen LogP contribution in [0, 0.1) is 0 Å². The Balaban J connectivity index is 0.00000208. The monoisotopic (exact) mass is 442 g/mol. The molecule has 5 heteroatoms. The number of hydrogen-bond acceptors (Lipinski definition) is 2. The first-order valence-electron chi connectivity index (χ1n) is 9.11. The van der Waals surface area contributed by atoms with Crippen LogP contribution in [0.4, 0.5) is 0 Å². The molecule has 134 valence electrons. The van der Waals surface area contributed by atoms with Crippen molar-refractivity contribution in [3.8, 4) is 0 Å². The lowest BCUT2D eigenvalue weighted by molar-refractivity contribution is 0.277. The molecule has 3 rings (SSSR count). The number of guanidine groups is 1. The van der Waals surface area contributed by atoms with E-state index in [2.05, 4.69) is 44.8 Å². The Bertz CT molecular complexity index is 520. The number of benzene rings is 1. The van der Waals surface area contributed by atoms with E-state index in [0.29, 0.717) is 6.04 Å². The Morgan fingerprint density at radius 1 is 1.12 bits per heavy atom. The smallest absolute Gasteiger partial charge is 0.191 e. The Morgan fingerprint density at radius 3 is 2.50 bits per heavy atom. The zero-order chi connectivity index (χ0) is 15.9. The van der Waals surface area contributed by atoms with Crippen LogP contribution in [0.1, 0.15) is 49.7 Å². The van der Waals surface area contributed by atoms with Crippen molar-refractivity contribution in [1.82, 2.24) is 15.5 Å². The molecule has 0 bridgehead atoms. The standard InChI is InChI=1S/C19H30N4.HI/c1-20-19(22-18-9-10-18)21-14-16-7-6-8-17(13-16)15-23-11-4-2-3-5-12-23;/h6-8,13,18H,2-5,9-12,14-15H2,1H3,(H2,20,21,22);1H. The van der Waals surface area contributed by atoms with Gasteiger partial charge in [0.15, 0.2) is 5.96 Å². The molecule has 24 heavy (non-hydrogen) atoms. The van der Waals surface area contributed by atoms with Gasteiger partial charge in [0, 0.05) is 26.2 Å². The zero-order valence-electron chi connectivity index (χ0n) is 14.8. The third-order valence-corrected chi connectivity index (χ3v) is 4.70. The van der Waals surface area contributed by atoms with Crippen LogP contribution in [0.3, 0.4) is 0 Å². The van der Waals surface area contributed by atoms with E-state index < -0.39 is 0 Å². The lowest BCUT2D eigenvalue weighted by Crippen LogP contribution is -2.38. The van der Waals surface area contributed by atoms with Crippen molar-refractivity contribution in [2.75, 3.05) is 20.1 Å². The normalized spacial score (nSPS) is 19.3. The van der Waals surface area contributed by atoms with Crippen molar-refractivity contribution < 1.29 is 0 Å². The van der Waals surface area contributed by atoms with E-state index in [1.165, 1.54) is 62.7 Å². The summed E-state index contributed by atoms with van der Waals surface area (Å²) in [5.74, 6) is 0.922. The van der Waals surface area contributed by atoms with E-state index in [-0.39, 0.29) is 24.0 Å². The lowest BCUT2D eigenvalue weighted by atomic mass is 10.1. The van der Waals surface area contributed by atoms with Crippen LogP contribution in [0.15, 0.2) is 29.3 Å². The van der Waals surface area contributed by atoms with E-state index in [1.807, 2.05) is 7.05 Å². The van der Waals surface area contributed by atoms with E-state index in [9.17, 15) is 0 Å². The largest absolute Gasteiger partial charge is 0.354 e. The van der Waals surface area contributed by atoms with Gasteiger partial charge in [0.25, 0.3) is 0 Å². The highest BCUT2D eigenvalue weighted by Crippen LogP contribution is 2.18. The molecule has 0 radical (unpaired) electrons. The van der Waals surface area contributed by atoms with Gasteiger partial charge in [0.2, 0.25) is 0 Å². The molecule has 1 aromatic carbocycles. The predicted octanol–water partition coefficient (Wildman–Crippen LogP) is 3.51. The molecule has 2 aliphatic rings. The number of rotatable bonds is 5. The zero-order valence-corrected chi connectivity index (χ0v) is 17.1. The summed E-state index contributed by atoms with van der Waals surface area (Å²) in [5.41, 5.74) is 2.76. The van der Waals surface area contributed by atoms with Crippen molar-refractivity contribution in [3.63, 3.8) is 0 Å². The van der Waals surface area contributed by atoms with Crippen LogP contribution in [0.5, 0.6) is 0 Å². The molecule has 4 nitrogen and oxygen atoms in total. The number of hydrogen-bond donors (Lipinski definition) is 2. The first-order valence-corrected chi connectivity index (χ1v) is 9.11. The molecule has 1 saturated carbocycles. The number of halogens is 1. The molecule has 0 amide bonds. The molecule has 0 unspecified atom stereocenters. The number of nitrogens with zero attached hydrogens (tertiary/aromatic N) is 2. The minimum Gasteiger partial charge on any atom is -0.354 e. The summed E-state index contributed by atoms with van der Waals surface area (Å²) < 4.78 is 0. The van der Waals surface area contributed by atoms with Crippen LogP contribution in [0.25, 0.3) is 0 Å². The predicted molar refractivity (Wildman–Crippen MR) is 112 cm³/mol. The maximum atomic E-state index is 4.30. The Labute approximate surface area is 163 Å². The van der Waals surface area contributed by atoms with Gasteiger partial charge in [-0.1, -0.05) is 37.1 Å². The van der Waals surface area contributed by atoms with E-state index in [1.54, 1.807) is 0 Å². The topological polar surface area (TPSA) is 39.7 Å². The maximum Gasteiger partial charge on any atom is 0.191 e. The quantitative estimate of drug-likeness (QED) is 0.417. The highest BCUT2D eigenvalue weighted by atomic mass is 127. The average Bonchev–Trinajstić information content (AvgIpc) is 3.39. The van der Waals surface area contributed by atoms with E-state index in [4.69, 9.17) is 0 Å². The van der Waals surface area contributed by atoms with E-state index >= 15 is 0 Å². The second-order valence-corrected chi connectivity index (χ2v) is 6.85. The van der Waals surface area contributed by atoms with Gasteiger partial charge in [-0.05, 0) is 49.9 Å². The molecular weight excluding hydrogens is 411 g/mol. The molecule has 2 N–H and O–H groups in total. The molecule has 1 aliphatic heterocycles. The van der Waals surface area contributed by atoms with Crippen molar-refractivity contribution in [3.05, 3.63) is 35.4 Å². The SMILES string of the molecule is CN=C(NCc1cccc(CN2CCCCCC2)c1)NC1CC1.I. The fourth-order valence-electron chi connectivity index (χ4n) is 3.19. The molecule has 0 spiro atoms. The van der Waals surface area contributed by atoms with Crippen molar-refractivity contribution in [2.45, 2.75) is 57.7 Å². The van der Waals surface area contributed by atoms with Gasteiger partial charge in [0.05, 0.1) is 0 Å². The molecule has 1 aromatic rings. The summed E-state index contributed by atoms with van der Waals surface area (Å²) in [4.78, 5) is 6.90. The summed E-state index contributed by atoms with van der Waals surface area (Å²) in [6.45, 7) is 4.42. The minimum absolute atomic E-state index is 0. The summed E-state index contributed by atoms with van der Waals surface area (Å²) in [6, 6.07) is 9.61. The molecular formula is C19H31IN4. The summed E-state index contributed by atoms with van der Waals surface area (Å²) >= 11 is 0. The molecule has 1 saturated heterocycles. The van der Waals surface area contributed by atoms with Gasteiger partial charge in [-0.3, -0.25) is 9.89 Å². The first kappa shape index (κ1) is 19.5. The van der Waals surface area contributed by atoms with Gasteiger partial charge in [0.1, 0.15) is 0 Å². The number of nitrogens with one attached hydrogen (secondary N) is 2. The van der Waals surface area contributed by atoms with Gasteiger partial charge in [-0.2, -0.15) is 0 Å². The lowest BCUT2D eigenvalue weighted by Gasteiger charge is -2.20. The van der Waals surface area contributed by atoms with Crippen LogP contribution in [-0.4, -0.2) is 37.0 Å². The van der Waals surface area contributed by atoms with Crippen LogP contribution < -0.4 is 10.6 Å². The Morgan fingerprint density at radius 2 is 1.83 bits per heavy atom. The first-order chi connectivity index (χ1) is 11.3. The molecule has 0 atom stereocenters. The Kier molecular flexibility index (Phi) is 8.32. The van der Waals surface area contributed by atoms with Crippen molar-refractivity contribution in [2.24, 2.45) is 4.99 Å². The second-order valence-electron chi connectivity index (χ2n) is 6.85.